The van der Waals surface area contributed by atoms with Gasteiger partial charge in [-0.1, -0.05) is 13.0 Å². The molecule has 3 N–H and O–H groups in total. The Morgan fingerprint density at radius 2 is 2.23 bits per heavy atom. The molecule has 0 saturated heterocycles. The number of aromatic hydroxyl groups is 1. The van der Waals surface area contributed by atoms with Crippen molar-refractivity contribution in [2.75, 3.05) is 0 Å². The zero-order valence-electron chi connectivity index (χ0n) is 7.83. The third kappa shape index (κ3) is 1.42. The van der Waals surface area contributed by atoms with Crippen LogP contribution in [0, 0.1) is 0 Å². The highest BCUT2D eigenvalue weighted by Crippen LogP contribution is 2.32. The van der Waals surface area contributed by atoms with Crippen molar-refractivity contribution in [3.05, 3.63) is 29.3 Å². The van der Waals surface area contributed by atoms with Crippen molar-refractivity contribution in [3.8, 4) is 5.75 Å². The molecule has 0 aliphatic heterocycles. The second-order valence-electron chi connectivity index (χ2n) is 3.87. The van der Waals surface area contributed by atoms with Crippen molar-refractivity contribution < 1.29 is 5.11 Å². The first-order valence-electron chi connectivity index (χ1n) is 4.76. The van der Waals surface area contributed by atoms with E-state index in [0.29, 0.717) is 11.7 Å². The fourth-order valence-electron chi connectivity index (χ4n) is 2.04. The molecule has 0 fully saturated rings. The lowest BCUT2D eigenvalue weighted by Crippen LogP contribution is -2.31. The third-order valence-corrected chi connectivity index (χ3v) is 3.01. The van der Waals surface area contributed by atoms with Gasteiger partial charge in [0.15, 0.2) is 0 Å². The largest absolute Gasteiger partial charge is 0.508 e. The number of fused-ring (bicyclic) bond motifs is 1. The fraction of sp³-hybridized carbons (Fsp3) is 0.455. The number of nitrogens with two attached hydrogens (primary N) is 1. The maximum absolute atomic E-state index is 9.35. The van der Waals surface area contributed by atoms with E-state index in [9.17, 15) is 5.11 Å². The van der Waals surface area contributed by atoms with Crippen LogP contribution in [0.2, 0.25) is 0 Å². The summed E-state index contributed by atoms with van der Waals surface area (Å²) in [6.45, 7) is 2.13. The molecule has 0 bridgehead atoms. The van der Waals surface area contributed by atoms with Crippen molar-refractivity contribution in [2.45, 2.75) is 31.7 Å². The van der Waals surface area contributed by atoms with Crippen LogP contribution in [-0.2, 0) is 6.42 Å². The third-order valence-electron chi connectivity index (χ3n) is 3.01. The van der Waals surface area contributed by atoms with Gasteiger partial charge in [0.1, 0.15) is 5.75 Å². The van der Waals surface area contributed by atoms with Crippen LogP contribution >= 0.6 is 0 Å². The molecule has 2 atom stereocenters. The molecule has 2 nitrogen and oxygen atoms in total. The van der Waals surface area contributed by atoms with Gasteiger partial charge in [-0.3, -0.25) is 0 Å². The second kappa shape index (κ2) is 3.04. The van der Waals surface area contributed by atoms with Crippen molar-refractivity contribution in [3.63, 3.8) is 0 Å². The second-order valence-corrected chi connectivity index (χ2v) is 3.87. The number of hydrogen-bond donors (Lipinski definition) is 2. The van der Waals surface area contributed by atoms with Crippen LogP contribution in [0.4, 0.5) is 0 Å². The Morgan fingerprint density at radius 3 is 3.00 bits per heavy atom. The highest BCUT2D eigenvalue weighted by molar-refractivity contribution is 5.39. The predicted octanol–water partition coefficient (Wildman–Crippen LogP) is 1.77. The summed E-state index contributed by atoms with van der Waals surface area (Å²) < 4.78 is 0. The molecule has 70 valence electrons. The van der Waals surface area contributed by atoms with E-state index in [1.54, 1.807) is 6.07 Å². The zero-order valence-corrected chi connectivity index (χ0v) is 7.83. The molecule has 0 saturated carbocycles. The molecule has 2 heteroatoms. The Balaban J connectivity index is 2.45. The normalized spacial score (nSPS) is 26.9. The maximum Gasteiger partial charge on any atom is 0.115 e. The van der Waals surface area contributed by atoms with Gasteiger partial charge in [0, 0.05) is 6.04 Å². The van der Waals surface area contributed by atoms with Gasteiger partial charge >= 0.3 is 0 Å². The Morgan fingerprint density at radius 1 is 1.46 bits per heavy atom. The van der Waals surface area contributed by atoms with E-state index in [-0.39, 0.29) is 6.04 Å². The van der Waals surface area contributed by atoms with Crippen LogP contribution in [0.25, 0.3) is 0 Å². The Bertz CT molecular complexity index is 322. The van der Waals surface area contributed by atoms with Crippen LogP contribution < -0.4 is 5.73 Å². The van der Waals surface area contributed by atoms with Gasteiger partial charge in [-0.25, -0.2) is 0 Å². The minimum atomic E-state index is 0.245. The van der Waals surface area contributed by atoms with E-state index < -0.39 is 0 Å². The Hall–Kier alpha value is -1.02. The number of phenolic OH excluding ortho intramolecular Hbond substituents is 1. The summed E-state index contributed by atoms with van der Waals surface area (Å²) in [4.78, 5) is 0. The molecular formula is C11H15NO. The van der Waals surface area contributed by atoms with Crippen molar-refractivity contribution in [1.29, 1.82) is 0 Å². The van der Waals surface area contributed by atoms with Gasteiger partial charge in [0.2, 0.25) is 0 Å². The van der Waals surface area contributed by atoms with Crippen LogP contribution in [0.1, 0.15) is 30.4 Å². The summed E-state index contributed by atoms with van der Waals surface area (Å²) in [5.74, 6) is 0.718. The molecule has 0 amide bonds. The molecule has 2 rings (SSSR count). The predicted molar refractivity (Wildman–Crippen MR) is 52.8 cm³/mol. The topological polar surface area (TPSA) is 46.2 Å². The molecule has 2 unspecified atom stereocenters. The fourth-order valence-corrected chi connectivity index (χ4v) is 2.04. The molecule has 0 spiro atoms. The lowest BCUT2D eigenvalue weighted by molar-refractivity contribution is 0.463. The number of benzene rings is 1. The molecule has 0 aromatic heterocycles. The van der Waals surface area contributed by atoms with E-state index in [0.717, 1.165) is 12.8 Å². The molecule has 1 aliphatic rings. The summed E-state index contributed by atoms with van der Waals surface area (Å²) in [6.07, 6.45) is 2.10. The molecule has 1 aromatic carbocycles. The highest BCUT2D eigenvalue weighted by Gasteiger charge is 2.23. The average Bonchev–Trinajstić information content (AvgIpc) is 2.12. The van der Waals surface area contributed by atoms with E-state index >= 15 is 0 Å². The van der Waals surface area contributed by atoms with Crippen LogP contribution in [0.3, 0.4) is 0 Å². The smallest absolute Gasteiger partial charge is 0.115 e. The number of aryl methyl sites for hydroxylation is 1. The quantitative estimate of drug-likeness (QED) is 0.634. The standard InChI is InChI=1S/C11H15NO/c1-7-10-6-9(13)4-2-8(10)3-5-11(7)12/h2,4,6-7,11,13H,3,5,12H2,1H3. The minimum absolute atomic E-state index is 0.245. The molecule has 1 aromatic rings. The lowest BCUT2D eigenvalue weighted by Gasteiger charge is -2.28. The van der Waals surface area contributed by atoms with Crippen molar-refractivity contribution in [2.24, 2.45) is 5.73 Å². The van der Waals surface area contributed by atoms with Gasteiger partial charge in [-0.15, -0.1) is 0 Å². The number of rotatable bonds is 0. The zero-order chi connectivity index (χ0) is 9.42. The molecule has 0 radical (unpaired) electrons. The summed E-state index contributed by atoms with van der Waals surface area (Å²) in [5, 5.41) is 9.35. The first-order valence-corrected chi connectivity index (χ1v) is 4.76. The average molecular weight is 177 g/mol. The maximum atomic E-state index is 9.35. The van der Waals surface area contributed by atoms with Gasteiger partial charge in [0.05, 0.1) is 0 Å². The lowest BCUT2D eigenvalue weighted by atomic mass is 9.81. The van der Waals surface area contributed by atoms with Gasteiger partial charge in [-0.2, -0.15) is 0 Å². The SMILES string of the molecule is CC1c2cc(O)ccc2CCC1N. The Kier molecular flexibility index (Phi) is 2.00. The van der Waals surface area contributed by atoms with Gasteiger partial charge in [-0.05, 0) is 42.0 Å². The number of hydrogen-bond acceptors (Lipinski definition) is 2. The van der Waals surface area contributed by atoms with Crippen LogP contribution in [0.15, 0.2) is 18.2 Å². The summed E-state index contributed by atoms with van der Waals surface area (Å²) in [7, 11) is 0. The van der Waals surface area contributed by atoms with E-state index in [2.05, 4.69) is 6.92 Å². The van der Waals surface area contributed by atoms with E-state index in [4.69, 9.17) is 5.73 Å². The highest BCUT2D eigenvalue weighted by atomic mass is 16.3. The summed E-state index contributed by atoms with van der Waals surface area (Å²) >= 11 is 0. The van der Waals surface area contributed by atoms with Crippen LogP contribution in [-0.4, -0.2) is 11.1 Å². The van der Waals surface area contributed by atoms with Gasteiger partial charge < -0.3 is 10.8 Å². The van der Waals surface area contributed by atoms with Crippen molar-refractivity contribution >= 4 is 0 Å². The molecule has 0 heterocycles. The first-order chi connectivity index (χ1) is 6.18. The molecular weight excluding hydrogens is 162 g/mol. The molecule has 13 heavy (non-hydrogen) atoms. The Labute approximate surface area is 78.4 Å². The van der Waals surface area contributed by atoms with E-state index in [1.165, 1.54) is 11.1 Å². The first kappa shape index (κ1) is 8.57. The summed E-state index contributed by atoms with van der Waals surface area (Å²) in [5.41, 5.74) is 8.52. The number of phenols is 1. The molecule has 1 aliphatic carbocycles. The minimum Gasteiger partial charge on any atom is -0.508 e. The summed E-state index contributed by atoms with van der Waals surface area (Å²) in [6, 6.07) is 5.85. The monoisotopic (exact) mass is 177 g/mol. The van der Waals surface area contributed by atoms with E-state index in [1.807, 2.05) is 12.1 Å². The van der Waals surface area contributed by atoms with Crippen molar-refractivity contribution in [1.82, 2.24) is 0 Å². The van der Waals surface area contributed by atoms with Crippen LogP contribution in [0.5, 0.6) is 5.75 Å². The van der Waals surface area contributed by atoms with Gasteiger partial charge in [0.25, 0.3) is 0 Å².